The summed E-state index contributed by atoms with van der Waals surface area (Å²) in [5.41, 5.74) is 0.262. The maximum atomic E-state index is 12.8. The molecule has 0 saturated carbocycles. The zero-order valence-corrected chi connectivity index (χ0v) is 15.5. The Balaban J connectivity index is 2.26. The van der Waals surface area contributed by atoms with E-state index in [0.717, 1.165) is 19.3 Å². The van der Waals surface area contributed by atoms with E-state index in [1.165, 1.54) is 22.5 Å². The van der Waals surface area contributed by atoms with Crippen molar-refractivity contribution >= 4 is 27.5 Å². The molecule has 1 heterocycles. The van der Waals surface area contributed by atoms with Crippen molar-refractivity contribution in [1.82, 2.24) is 9.62 Å². The molecule has 2 rings (SSSR count). The molecule has 1 N–H and O–H groups in total. The zero-order chi connectivity index (χ0) is 17.7. The van der Waals surface area contributed by atoms with Crippen molar-refractivity contribution in [2.24, 2.45) is 0 Å². The molecule has 1 unspecified atom stereocenters. The Kier molecular flexibility index (Phi) is 6.62. The lowest BCUT2D eigenvalue weighted by molar-refractivity contribution is 0.0905. The number of rotatable bonds is 6. The van der Waals surface area contributed by atoms with Gasteiger partial charge in [0.1, 0.15) is 4.90 Å². The number of benzene rings is 1. The molecule has 6 nitrogen and oxygen atoms in total. The minimum Gasteiger partial charge on any atom is -0.383 e. The lowest BCUT2D eigenvalue weighted by atomic mass is 10.2. The number of nitrogens with zero attached hydrogens (tertiary/aromatic N) is 1. The third-order valence-electron chi connectivity index (χ3n) is 3.92. The first-order valence-corrected chi connectivity index (χ1v) is 9.77. The Labute approximate surface area is 148 Å². The highest BCUT2D eigenvalue weighted by Crippen LogP contribution is 2.27. The zero-order valence-electron chi connectivity index (χ0n) is 13.9. The van der Waals surface area contributed by atoms with E-state index < -0.39 is 10.0 Å². The molecule has 1 aromatic carbocycles. The van der Waals surface area contributed by atoms with Gasteiger partial charge in [-0.2, -0.15) is 4.31 Å². The molecule has 0 spiro atoms. The number of amides is 1. The van der Waals surface area contributed by atoms with Crippen LogP contribution in [0.25, 0.3) is 0 Å². The fourth-order valence-corrected chi connectivity index (χ4v) is 4.70. The number of ether oxygens (including phenoxy) is 1. The van der Waals surface area contributed by atoms with Crippen LogP contribution in [0.3, 0.4) is 0 Å². The van der Waals surface area contributed by atoms with Gasteiger partial charge in [0, 0.05) is 31.8 Å². The summed E-state index contributed by atoms with van der Waals surface area (Å²) in [6.07, 6.45) is 2.71. The van der Waals surface area contributed by atoms with Crippen LogP contribution in [0.1, 0.15) is 36.5 Å². The second-order valence-corrected chi connectivity index (χ2v) is 8.25. The van der Waals surface area contributed by atoms with Crippen molar-refractivity contribution in [3.63, 3.8) is 0 Å². The van der Waals surface area contributed by atoms with Crippen LogP contribution in [0.2, 0.25) is 5.02 Å². The predicted octanol–water partition coefficient (Wildman–Crippen LogP) is 2.28. The Morgan fingerprint density at radius 3 is 2.62 bits per heavy atom. The first-order chi connectivity index (χ1) is 11.4. The average Bonchev–Trinajstić information content (AvgIpc) is 2.56. The molecular weight excluding hydrogens is 352 g/mol. The number of hydrogen-bond donors (Lipinski definition) is 1. The molecule has 1 aromatic rings. The summed E-state index contributed by atoms with van der Waals surface area (Å²) < 4.78 is 32.0. The third-order valence-corrected chi connectivity index (χ3v) is 6.30. The Morgan fingerprint density at radius 2 is 2.00 bits per heavy atom. The normalized spacial score (nSPS) is 17.5. The van der Waals surface area contributed by atoms with E-state index in [-0.39, 0.29) is 27.4 Å². The molecule has 0 aromatic heterocycles. The van der Waals surface area contributed by atoms with Crippen molar-refractivity contribution < 1.29 is 17.9 Å². The van der Waals surface area contributed by atoms with Crippen molar-refractivity contribution in [3.05, 3.63) is 28.8 Å². The van der Waals surface area contributed by atoms with Crippen LogP contribution in [0, 0.1) is 0 Å². The average molecular weight is 375 g/mol. The van der Waals surface area contributed by atoms with E-state index in [2.05, 4.69) is 5.32 Å². The highest BCUT2D eigenvalue weighted by molar-refractivity contribution is 7.89. The molecule has 1 amide bonds. The minimum atomic E-state index is -3.69. The summed E-state index contributed by atoms with van der Waals surface area (Å²) in [5, 5.41) is 2.89. The molecule has 1 saturated heterocycles. The lowest BCUT2D eigenvalue weighted by Crippen LogP contribution is -2.37. The second kappa shape index (κ2) is 8.29. The predicted molar refractivity (Wildman–Crippen MR) is 92.9 cm³/mol. The van der Waals surface area contributed by atoms with Gasteiger partial charge in [0.15, 0.2) is 0 Å². The van der Waals surface area contributed by atoms with Crippen molar-refractivity contribution in [1.29, 1.82) is 0 Å². The molecule has 134 valence electrons. The van der Waals surface area contributed by atoms with Crippen LogP contribution in [-0.2, 0) is 14.8 Å². The molecule has 8 heteroatoms. The first-order valence-electron chi connectivity index (χ1n) is 7.95. The van der Waals surface area contributed by atoms with Gasteiger partial charge < -0.3 is 10.1 Å². The number of carbonyl (C=O) groups is 1. The van der Waals surface area contributed by atoms with Gasteiger partial charge in [-0.15, -0.1) is 0 Å². The van der Waals surface area contributed by atoms with E-state index in [9.17, 15) is 13.2 Å². The molecular formula is C16H23ClN2O4S. The minimum absolute atomic E-state index is 0.0156. The smallest absolute Gasteiger partial charge is 0.251 e. The summed E-state index contributed by atoms with van der Waals surface area (Å²) in [7, 11) is -2.14. The van der Waals surface area contributed by atoms with Crippen LogP contribution in [0.4, 0.5) is 0 Å². The molecule has 0 aliphatic carbocycles. The number of halogens is 1. The number of sulfonamides is 1. The molecule has 1 atom stereocenters. The number of carbonyl (C=O) groups excluding carboxylic acids is 1. The van der Waals surface area contributed by atoms with Gasteiger partial charge in [0.25, 0.3) is 5.91 Å². The van der Waals surface area contributed by atoms with Gasteiger partial charge in [0.2, 0.25) is 10.0 Å². The Morgan fingerprint density at radius 1 is 1.33 bits per heavy atom. The largest absolute Gasteiger partial charge is 0.383 e. The van der Waals surface area contributed by atoms with Gasteiger partial charge in [-0.25, -0.2) is 8.42 Å². The summed E-state index contributed by atoms with van der Waals surface area (Å²) >= 11 is 6.10. The summed E-state index contributed by atoms with van der Waals surface area (Å²) in [6, 6.07) is 4.14. The number of piperidine rings is 1. The third kappa shape index (κ3) is 4.47. The molecule has 0 radical (unpaired) electrons. The van der Waals surface area contributed by atoms with Crippen LogP contribution in [-0.4, -0.2) is 51.5 Å². The Hall–Kier alpha value is -1.15. The fourth-order valence-electron chi connectivity index (χ4n) is 2.69. The number of nitrogens with one attached hydrogen (secondary N) is 1. The van der Waals surface area contributed by atoms with Gasteiger partial charge in [-0.05, 0) is 38.0 Å². The first kappa shape index (κ1) is 19.2. The Bertz CT molecular complexity index is 687. The highest BCUT2D eigenvalue weighted by Gasteiger charge is 2.28. The summed E-state index contributed by atoms with van der Waals surface area (Å²) in [5.74, 6) is -0.355. The standard InChI is InChI=1S/C16H23ClN2O4S/c1-12(11-23-2)18-16(20)13-6-7-14(17)15(10-13)24(21,22)19-8-4-3-5-9-19/h6-7,10,12H,3-5,8-9,11H2,1-2H3,(H,18,20). The van der Waals surface area contributed by atoms with Crippen molar-refractivity contribution in [3.8, 4) is 0 Å². The van der Waals surface area contributed by atoms with E-state index in [0.29, 0.717) is 19.7 Å². The van der Waals surface area contributed by atoms with E-state index in [1.54, 1.807) is 7.11 Å². The maximum Gasteiger partial charge on any atom is 0.251 e. The van der Waals surface area contributed by atoms with Crippen LogP contribution in [0.5, 0.6) is 0 Å². The van der Waals surface area contributed by atoms with Gasteiger partial charge >= 0.3 is 0 Å². The van der Waals surface area contributed by atoms with Crippen molar-refractivity contribution in [2.45, 2.75) is 37.1 Å². The van der Waals surface area contributed by atoms with E-state index in [1.807, 2.05) is 6.92 Å². The maximum absolute atomic E-state index is 12.8. The van der Waals surface area contributed by atoms with Gasteiger partial charge in [-0.1, -0.05) is 18.0 Å². The molecule has 24 heavy (non-hydrogen) atoms. The van der Waals surface area contributed by atoms with Crippen molar-refractivity contribution in [2.75, 3.05) is 26.8 Å². The molecule has 1 aliphatic rings. The number of hydrogen-bond acceptors (Lipinski definition) is 4. The molecule has 1 fully saturated rings. The summed E-state index contributed by atoms with van der Waals surface area (Å²) in [4.78, 5) is 12.3. The van der Waals surface area contributed by atoms with Gasteiger partial charge in [0.05, 0.1) is 11.6 Å². The SMILES string of the molecule is COCC(C)NC(=O)c1ccc(Cl)c(S(=O)(=O)N2CCCCC2)c1. The monoisotopic (exact) mass is 374 g/mol. The highest BCUT2D eigenvalue weighted by atomic mass is 35.5. The van der Waals surface area contributed by atoms with Crippen LogP contribution in [0.15, 0.2) is 23.1 Å². The molecule has 0 bridgehead atoms. The van der Waals surface area contributed by atoms with Gasteiger partial charge in [-0.3, -0.25) is 4.79 Å². The lowest BCUT2D eigenvalue weighted by Gasteiger charge is -2.26. The van der Waals surface area contributed by atoms with E-state index >= 15 is 0 Å². The van der Waals surface area contributed by atoms with Crippen LogP contribution >= 0.6 is 11.6 Å². The topological polar surface area (TPSA) is 75.7 Å². The quantitative estimate of drug-likeness (QED) is 0.828. The summed E-state index contributed by atoms with van der Waals surface area (Å²) in [6.45, 7) is 3.15. The second-order valence-electron chi connectivity index (χ2n) is 5.94. The fraction of sp³-hybridized carbons (Fsp3) is 0.562. The number of methoxy groups -OCH3 is 1. The molecule has 1 aliphatic heterocycles. The van der Waals surface area contributed by atoms with E-state index in [4.69, 9.17) is 16.3 Å². The van der Waals surface area contributed by atoms with Crippen LogP contribution < -0.4 is 5.32 Å².